The second-order valence-electron chi connectivity index (χ2n) is 8.39. The van der Waals surface area contributed by atoms with Gasteiger partial charge in [-0.05, 0) is 42.9 Å². The van der Waals surface area contributed by atoms with E-state index in [4.69, 9.17) is 4.52 Å². The quantitative estimate of drug-likeness (QED) is 0.411. The number of nitrogens with one attached hydrogen (secondary N) is 3. The highest BCUT2D eigenvalue weighted by molar-refractivity contribution is 7.23. The Labute approximate surface area is 190 Å². The second kappa shape index (κ2) is 8.82. The van der Waals surface area contributed by atoms with Gasteiger partial charge in [0.25, 0.3) is 0 Å². The van der Waals surface area contributed by atoms with E-state index >= 15 is 0 Å². The summed E-state index contributed by atoms with van der Waals surface area (Å²) in [4.78, 5) is 4.56. The Hall–Kier alpha value is -2.28. The van der Waals surface area contributed by atoms with Gasteiger partial charge in [-0.2, -0.15) is 18.2 Å². The van der Waals surface area contributed by atoms with E-state index < -0.39 is 37.0 Å². The van der Waals surface area contributed by atoms with Gasteiger partial charge < -0.3 is 25.6 Å². The van der Waals surface area contributed by atoms with Crippen LogP contribution in [0.4, 0.5) is 23.2 Å². The highest BCUT2D eigenvalue weighted by Crippen LogP contribution is 2.44. The Morgan fingerprint density at radius 3 is 2.82 bits per heavy atom. The molecule has 2 aliphatic heterocycles. The summed E-state index contributed by atoms with van der Waals surface area (Å²) in [7, 11) is 0. The third-order valence-electron chi connectivity index (χ3n) is 6.04. The summed E-state index contributed by atoms with van der Waals surface area (Å²) in [5, 5.41) is 23.7. The highest BCUT2D eigenvalue weighted by atomic mass is 32.1. The number of aliphatic hydroxyl groups excluding tert-OH is 1. The number of alkyl halides is 4. The van der Waals surface area contributed by atoms with Crippen molar-refractivity contribution in [2.75, 3.05) is 25.0 Å². The van der Waals surface area contributed by atoms with Crippen LogP contribution in [0.15, 0.2) is 22.7 Å². The van der Waals surface area contributed by atoms with Crippen molar-refractivity contribution in [1.82, 2.24) is 20.8 Å². The molecule has 0 spiro atoms. The van der Waals surface area contributed by atoms with Crippen LogP contribution in [0.25, 0.3) is 20.8 Å². The van der Waals surface area contributed by atoms with Gasteiger partial charge in [0, 0.05) is 6.54 Å². The van der Waals surface area contributed by atoms with E-state index in [-0.39, 0.29) is 28.7 Å². The monoisotopic (exact) mass is 485 g/mol. The van der Waals surface area contributed by atoms with Crippen molar-refractivity contribution in [3.8, 4) is 10.7 Å². The fraction of sp³-hybridized carbons (Fsp3) is 0.524. The molecular weight excluding hydrogens is 462 g/mol. The molecule has 4 N–H and O–H groups in total. The van der Waals surface area contributed by atoms with E-state index in [1.54, 1.807) is 18.2 Å². The molecule has 2 saturated heterocycles. The Balaban J connectivity index is 1.56. The number of halogens is 4. The molecule has 12 heteroatoms. The molecule has 2 aliphatic rings. The standard InChI is InChI=1S/C21H23F4N5O2S/c22-12-9-26-6-4-13(12)28-14-3-1-2-10-11(8-21(23,24)25)18(33-17(10)14)19-29-20(32-30-19)16-15(31)5-7-27-16/h1-3,12-13,15-16,26-28,31H,4-9H2/t12-,13+,15+,16+/m0/s1. The van der Waals surface area contributed by atoms with Gasteiger partial charge in [0.15, 0.2) is 0 Å². The van der Waals surface area contributed by atoms with Crippen molar-refractivity contribution in [1.29, 1.82) is 0 Å². The fourth-order valence-electron chi connectivity index (χ4n) is 4.42. The number of fused-ring (bicyclic) bond motifs is 1. The van der Waals surface area contributed by atoms with Crippen molar-refractivity contribution in [3.05, 3.63) is 29.7 Å². The first-order valence-corrected chi connectivity index (χ1v) is 11.6. The first-order valence-electron chi connectivity index (χ1n) is 10.8. The maximum Gasteiger partial charge on any atom is 0.393 e. The summed E-state index contributed by atoms with van der Waals surface area (Å²) < 4.78 is 60.7. The number of aliphatic hydroxyl groups is 1. The fourth-order valence-corrected chi connectivity index (χ4v) is 5.64. The van der Waals surface area contributed by atoms with Crippen LogP contribution in [-0.2, 0) is 6.42 Å². The maximum atomic E-state index is 14.4. The smallest absolute Gasteiger partial charge is 0.391 e. The molecule has 0 unspecified atom stereocenters. The van der Waals surface area contributed by atoms with Gasteiger partial charge >= 0.3 is 6.18 Å². The molecule has 0 saturated carbocycles. The second-order valence-corrected chi connectivity index (χ2v) is 9.41. The molecule has 0 bridgehead atoms. The first kappa shape index (κ1) is 22.5. The minimum Gasteiger partial charge on any atom is -0.391 e. The maximum absolute atomic E-state index is 14.4. The van der Waals surface area contributed by atoms with Crippen LogP contribution in [0.2, 0.25) is 0 Å². The Morgan fingerprint density at radius 2 is 2.09 bits per heavy atom. The average Bonchev–Trinajstić information content (AvgIpc) is 3.48. The SMILES string of the molecule is O[C@@H]1CCN[C@H]1c1nc(-c2sc3c(N[C@@H]4CCNC[C@@H]4F)cccc3c2CC(F)(F)F)no1. The van der Waals surface area contributed by atoms with Crippen molar-refractivity contribution >= 4 is 27.1 Å². The lowest BCUT2D eigenvalue weighted by molar-refractivity contribution is -0.126. The van der Waals surface area contributed by atoms with Crippen LogP contribution in [-0.4, -0.2) is 59.4 Å². The Morgan fingerprint density at radius 1 is 1.24 bits per heavy atom. The summed E-state index contributed by atoms with van der Waals surface area (Å²) in [5.74, 6) is 0.182. The zero-order valence-electron chi connectivity index (χ0n) is 17.5. The molecule has 0 radical (unpaired) electrons. The molecule has 2 fully saturated rings. The molecule has 1 aromatic carbocycles. The lowest BCUT2D eigenvalue weighted by Gasteiger charge is -2.28. The summed E-state index contributed by atoms with van der Waals surface area (Å²) >= 11 is 1.12. The summed E-state index contributed by atoms with van der Waals surface area (Å²) in [5.41, 5.74) is 0.638. The van der Waals surface area contributed by atoms with Crippen LogP contribution >= 0.6 is 11.3 Å². The van der Waals surface area contributed by atoms with Gasteiger partial charge in [-0.1, -0.05) is 17.3 Å². The zero-order valence-corrected chi connectivity index (χ0v) is 18.3. The number of nitrogens with zero attached hydrogens (tertiary/aromatic N) is 2. The van der Waals surface area contributed by atoms with Crippen LogP contribution in [0.1, 0.15) is 30.3 Å². The van der Waals surface area contributed by atoms with Crippen molar-refractivity contribution in [2.24, 2.45) is 0 Å². The van der Waals surface area contributed by atoms with Crippen molar-refractivity contribution in [2.45, 2.75) is 49.8 Å². The van der Waals surface area contributed by atoms with Crippen molar-refractivity contribution < 1.29 is 27.2 Å². The molecule has 4 heterocycles. The molecule has 4 atom stereocenters. The van der Waals surface area contributed by atoms with Crippen LogP contribution in [0.5, 0.6) is 0 Å². The third-order valence-corrected chi connectivity index (χ3v) is 7.32. The van der Waals surface area contributed by atoms with E-state index in [0.717, 1.165) is 11.3 Å². The average molecular weight is 486 g/mol. The molecule has 0 amide bonds. The molecule has 178 valence electrons. The molecule has 7 nitrogen and oxygen atoms in total. The van der Waals surface area contributed by atoms with E-state index in [1.807, 2.05) is 0 Å². The van der Waals surface area contributed by atoms with Crippen LogP contribution in [0, 0.1) is 0 Å². The molecule has 2 aromatic heterocycles. The predicted octanol–water partition coefficient (Wildman–Crippen LogP) is 3.56. The molecule has 5 rings (SSSR count). The number of hydrogen-bond acceptors (Lipinski definition) is 8. The van der Waals surface area contributed by atoms with Gasteiger partial charge in [-0.15, -0.1) is 11.3 Å². The lowest BCUT2D eigenvalue weighted by atomic mass is 10.0. The van der Waals surface area contributed by atoms with Crippen LogP contribution < -0.4 is 16.0 Å². The summed E-state index contributed by atoms with van der Waals surface area (Å²) in [6, 6.07) is 4.05. The minimum atomic E-state index is -4.44. The topological polar surface area (TPSA) is 95.2 Å². The van der Waals surface area contributed by atoms with Gasteiger partial charge in [0.2, 0.25) is 11.7 Å². The third kappa shape index (κ3) is 4.57. The predicted molar refractivity (Wildman–Crippen MR) is 116 cm³/mol. The number of aromatic nitrogens is 2. The van der Waals surface area contributed by atoms with E-state index in [9.17, 15) is 22.7 Å². The zero-order chi connectivity index (χ0) is 23.2. The highest BCUT2D eigenvalue weighted by Gasteiger charge is 2.35. The largest absolute Gasteiger partial charge is 0.393 e. The normalized spacial score (nSPS) is 26.2. The van der Waals surface area contributed by atoms with Crippen molar-refractivity contribution in [3.63, 3.8) is 0 Å². The minimum absolute atomic E-state index is 0.0440. The lowest BCUT2D eigenvalue weighted by Crippen LogP contribution is -2.45. The van der Waals surface area contributed by atoms with E-state index in [2.05, 4.69) is 26.1 Å². The molecule has 0 aliphatic carbocycles. The number of piperidine rings is 1. The molecule has 3 aromatic rings. The van der Waals surface area contributed by atoms with Gasteiger partial charge in [0.1, 0.15) is 12.2 Å². The van der Waals surface area contributed by atoms with Crippen LogP contribution in [0.3, 0.4) is 0 Å². The van der Waals surface area contributed by atoms with E-state index in [1.165, 1.54) is 0 Å². The number of hydrogen-bond donors (Lipinski definition) is 4. The number of anilines is 1. The molecule has 33 heavy (non-hydrogen) atoms. The first-order chi connectivity index (χ1) is 15.8. The number of rotatable bonds is 5. The number of benzene rings is 1. The summed E-state index contributed by atoms with van der Waals surface area (Å²) in [6.45, 7) is 1.47. The van der Waals surface area contributed by atoms with Gasteiger partial charge in [-0.25, -0.2) is 4.39 Å². The van der Waals surface area contributed by atoms with Gasteiger partial charge in [-0.3, -0.25) is 0 Å². The molecular formula is C21H23F4N5O2S. The van der Waals surface area contributed by atoms with Gasteiger partial charge in [0.05, 0.1) is 33.8 Å². The number of thiophene rings is 1. The Kier molecular flexibility index (Phi) is 6.02. The van der Waals surface area contributed by atoms with E-state index in [0.29, 0.717) is 41.7 Å². The Bertz CT molecular complexity index is 1130. The summed E-state index contributed by atoms with van der Waals surface area (Å²) in [6.07, 6.45) is -6.32.